The van der Waals surface area contributed by atoms with E-state index >= 15 is 0 Å². The van der Waals surface area contributed by atoms with Crippen LogP contribution in [0.1, 0.15) is 29.4 Å². The van der Waals surface area contributed by atoms with Crippen LogP contribution >= 0.6 is 0 Å². The van der Waals surface area contributed by atoms with Gasteiger partial charge in [0.1, 0.15) is 17.7 Å². The number of anilines is 1. The Bertz CT molecular complexity index is 947. The molecule has 9 heteroatoms. The molecule has 3 rings (SSSR count). The van der Waals surface area contributed by atoms with Gasteiger partial charge in [0, 0.05) is 30.5 Å². The molecule has 3 aromatic rings. The minimum Gasteiger partial charge on any atom is -0.356 e. The lowest BCUT2D eigenvalue weighted by molar-refractivity contribution is 0.0936. The molecule has 4 N–H and O–H groups in total. The zero-order valence-electron chi connectivity index (χ0n) is 14.0. The fraction of sp³-hybridized carbons (Fsp3) is 0.312. The molecular weight excluding hydrogens is 322 g/mol. The minimum absolute atomic E-state index is 0.0823. The molecule has 3 aromatic heterocycles. The summed E-state index contributed by atoms with van der Waals surface area (Å²) in [6, 6.07) is 1.69. The molecular formula is C16H19N7O2. The molecule has 1 amide bonds. The lowest BCUT2D eigenvalue weighted by Crippen LogP contribution is -2.34. The van der Waals surface area contributed by atoms with Crippen molar-refractivity contribution in [3.63, 3.8) is 0 Å². The van der Waals surface area contributed by atoms with Gasteiger partial charge < -0.3 is 15.6 Å². The van der Waals surface area contributed by atoms with E-state index < -0.39 is 0 Å². The number of H-pyrrole nitrogens is 2. The standard InChI is InChI=1S/C16H19N7O2/c1-9-7-19-16(23-14(9)24)18-5-3-10(2)22-15(25)12-11-4-6-17-13(11)21-8-20-12/h4,6-8,10H,3,5H2,1-2H3,(H,22,25)(H,17,20,21)(H2,18,19,23,24)/t10-/m0/s1. The molecule has 25 heavy (non-hydrogen) atoms. The molecule has 0 bridgehead atoms. The topological polar surface area (TPSA) is 128 Å². The van der Waals surface area contributed by atoms with Crippen LogP contribution in [-0.2, 0) is 0 Å². The van der Waals surface area contributed by atoms with E-state index in [2.05, 4.69) is 35.6 Å². The van der Waals surface area contributed by atoms with E-state index in [-0.39, 0.29) is 17.5 Å². The summed E-state index contributed by atoms with van der Waals surface area (Å²) in [6.45, 7) is 4.15. The number of aromatic amines is 2. The summed E-state index contributed by atoms with van der Waals surface area (Å²) in [5, 5.41) is 6.63. The highest BCUT2D eigenvalue weighted by molar-refractivity contribution is 6.03. The Morgan fingerprint density at radius 2 is 2.16 bits per heavy atom. The van der Waals surface area contributed by atoms with Crippen molar-refractivity contribution >= 4 is 22.9 Å². The number of carbonyl (C=O) groups is 1. The van der Waals surface area contributed by atoms with Crippen LogP contribution in [0, 0.1) is 6.92 Å². The number of amides is 1. The number of fused-ring (bicyclic) bond motifs is 1. The Morgan fingerprint density at radius 3 is 2.96 bits per heavy atom. The lowest BCUT2D eigenvalue weighted by atomic mass is 10.2. The number of rotatable bonds is 6. The Balaban J connectivity index is 1.54. The second-order valence-electron chi connectivity index (χ2n) is 5.80. The van der Waals surface area contributed by atoms with Crippen LogP contribution in [0.25, 0.3) is 11.0 Å². The van der Waals surface area contributed by atoms with E-state index in [1.54, 1.807) is 19.2 Å². The summed E-state index contributed by atoms with van der Waals surface area (Å²) in [5.74, 6) is 0.167. The van der Waals surface area contributed by atoms with Gasteiger partial charge in [-0.3, -0.25) is 14.6 Å². The van der Waals surface area contributed by atoms with Gasteiger partial charge in [-0.1, -0.05) is 0 Å². The molecule has 0 fully saturated rings. The smallest absolute Gasteiger partial charge is 0.270 e. The Hall–Kier alpha value is -3.23. The first kappa shape index (κ1) is 16.6. The first-order valence-corrected chi connectivity index (χ1v) is 7.93. The van der Waals surface area contributed by atoms with Crippen molar-refractivity contribution in [3.05, 3.63) is 46.4 Å². The summed E-state index contributed by atoms with van der Waals surface area (Å²) in [5.41, 5.74) is 1.37. The van der Waals surface area contributed by atoms with Crippen molar-refractivity contribution in [1.82, 2.24) is 30.2 Å². The van der Waals surface area contributed by atoms with Gasteiger partial charge in [0.15, 0.2) is 0 Å². The van der Waals surface area contributed by atoms with Crippen LogP contribution in [0.2, 0.25) is 0 Å². The Kier molecular flexibility index (Phi) is 4.73. The zero-order valence-corrected chi connectivity index (χ0v) is 14.0. The molecule has 0 spiro atoms. The SMILES string of the molecule is Cc1cnc(NCC[C@H](C)NC(=O)c2ncnc3[nH]ccc23)[nH]c1=O. The average Bonchev–Trinajstić information content (AvgIpc) is 3.06. The predicted molar refractivity (Wildman–Crippen MR) is 93.5 cm³/mol. The zero-order chi connectivity index (χ0) is 17.8. The van der Waals surface area contributed by atoms with Crippen molar-refractivity contribution in [3.8, 4) is 0 Å². The van der Waals surface area contributed by atoms with Gasteiger partial charge in [0.05, 0.1) is 5.39 Å². The molecule has 1 atom stereocenters. The third kappa shape index (κ3) is 3.82. The van der Waals surface area contributed by atoms with Crippen molar-refractivity contribution in [2.24, 2.45) is 0 Å². The molecule has 0 aliphatic heterocycles. The van der Waals surface area contributed by atoms with Crippen molar-refractivity contribution in [2.45, 2.75) is 26.3 Å². The van der Waals surface area contributed by atoms with Crippen LogP contribution in [0.3, 0.4) is 0 Å². The van der Waals surface area contributed by atoms with Crippen LogP contribution in [0.15, 0.2) is 29.6 Å². The normalized spacial score (nSPS) is 12.1. The van der Waals surface area contributed by atoms with Crippen molar-refractivity contribution in [1.29, 1.82) is 0 Å². The van der Waals surface area contributed by atoms with Gasteiger partial charge in [0.2, 0.25) is 5.95 Å². The third-order valence-corrected chi connectivity index (χ3v) is 3.79. The van der Waals surface area contributed by atoms with Crippen molar-refractivity contribution in [2.75, 3.05) is 11.9 Å². The molecule has 0 unspecified atom stereocenters. The number of nitrogens with zero attached hydrogens (tertiary/aromatic N) is 3. The van der Waals surface area contributed by atoms with E-state index in [1.165, 1.54) is 12.5 Å². The van der Waals surface area contributed by atoms with Crippen LogP contribution < -0.4 is 16.2 Å². The monoisotopic (exact) mass is 341 g/mol. The molecule has 0 aromatic carbocycles. The summed E-state index contributed by atoms with van der Waals surface area (Å²) in [4.78, 5) is 41.7. The maximum atomic E-state index is 12.4. The number of carbonyl (C=O) groups excluding carboxylic acids is 1. The Labute approximate surface area is 143 Å². The molecule has 0 radical (unpaired) electrons. The van der Waals surface area contributed by atoms with Crippen LogP contribution in [0.5, 0.6) is 0 Å². The first-order chi connectivity index (χ1) is 12.0. The summed E-state index contributed by atoms with van der Waals surface area (Å²) >= 11 is 0. The lowest BCUT2D eigenvalue weighted by Gasteiger charge is -2.14. The summed E-state index contributed by atoms with van der Waals surface area (Å²) in [6.07, 6.45) is 5.26. The maximum Gasteiger partial charge on any atom is 0.270 e. The third-order valence-electron chi connectivity index (χ3n) is 3.79. The quantitative estimate of drug-likeness (QED) is 0.529. The summed E-state index contributed by atoms with van der Waals surface area (Å²) in [7, 11) is 0. The fourth-order valence-electron chi connectivity index (χ4n) is 2.37. The van der Waals surface area contributed by atoms with Gasteiger partial charge in [-0.05, 0) is 26.3 Å². The number of nitrogens with one attached hydrogen (secondary N) is 4. The van der Waals surface area contributed by atoms with Gasteiger partial charge in [-0.2, -0.15) is 0 Å². The highest BCUT2D eigenvalue weighted by atomic mass is 16.2. The van der Waals surface area contributed by atoms with E-state index in [9.17, 15) is 9.59 Å². The number of aryl methyl sites for hydroxylation is 1. The van der Waals surface area contributed by atoms with E-state index in [4.69, 9.17) is 0 Å². The largest absolute Gasteiger partial charge is 0.356 e. The van der Waals surface area contributed by atoms with E-state index in [1.807, 2.05) is 6.92 Å². The molecule has 9 nitrogen and oxygen atoms in total. The molecule has 0 aliphatic carbocycles. The summed E-state index contributed by atoms with van der Waals surface area (Å²) < 4.78 is 0. The predicted octanol–water partition coefficient (Wildman–Crippen LogP) is 0.970. The molecule has 130 valence electrons. The van der Waals surface area contributed by atoms with E-state index in [0.717, 1.165) is 0 Å². The fourth-order valence-corrected chi connectivity index (χ4v) is 2.37. The average molecular weight is 341 g/mol. The van der Waals surface area contributed by atoms with Crippen molar-refractivity contribution < 1.29 is 4.79 Å². The van der Waals surface area contributed by atoms with E-state index in [0.29, 0.717) is 41.2 Å². The second-order valence-corrected chi connectivity index (χ2v) is 5.80. The number of hydrogen-bond donors (Lipinski definition) is 4. The van der Waals surface area contributed by atoms with Gasteiger partial charge >= 0.3 is 0 Å². The van der Waals surface area contributed by atoms with Gasteiger partial charge in [0.25, 0.3) is 11.5 Å². The second kappa shape index (κ2) is 7.12. The Morgan fingerprint density at radius 1 is 1.32 bits per heavy atom. The molecule has 0 saturated heterocycles. The van der Waals surface area contributed by atoms with Gasteiger partial charge in [-0.25, -0.2) is 15.0 Å². The highest BCUT2D eigenvalue weighted by Gasteiger charge is 2.15. The highest BCUT2D eigenvalue weighted by Crippen LogP contribution is 2.12. The maximum absolute atomic E-state index is 12.4. The first-order valence-electron chi connectivity index (χ1n) is 7.93. The van der Waals surface area contributed by atoms with Crippen LogP contribution in [-0.4, -0.2) is 43.4 Å². The molecule has 3 heterocycles. The number of aromatic nitrogens is 5. The molecule has 0 aliphatic rings. The minimum atomic E-state index is -0.249. The van der Waals surface area contributed by atoms with Crippen LogP contribution in [0.4, 0.5) is 5.95 Å². The van der Waals surface area contributed by atoms with Gasteiger partial charge in [-0.15, -0.1) is 0 Å². The number of hydrogen-bond acceptors (Lipinski definition) is 6. The molecule has 0 saturated carbocycles.